The second kappa shape index (κ2) is 9.28. The average Bonchev–Trinajstić information content (AvgIpc) is 3.63. The van der Waals surface area contributed by atoms with Crippen LogP contribution in [-0.4, -0.2) is 34.0 Å². The number of urea groups is 1. The summed E-state index contributed by atoms with van der Waals surface area (Å²) in [4.78, 5) is 31.2. The molecule has 2 heterocycles. The van der Waals surface area contributed by atoms with Gasteiger partial charge >= 0.3 is 6.03 Å². The number of nitrogens with one attached hydrogen (secondary N) is 1. The lowest BCUT2D eigenvalue weighted by Gasteiger charge is -2.39. The molecule has 186 valence electrons. The van der Waals surface area contributed by atoms with Crippen molar-refractivity contribution in [3.8, 4) is 5.69 Å². The van der Waals surface area contributed by atoms with E-state index in [1.807, 2.05) is 72.6 Å². The molecular weight excluding hydrogens is 460 g/mol. The highest BCUT2D eigenvalue weighted by Crippen LogP contribution is 2.42. The summed E-state index contributed by atoms with van der Waals surface area (Å²) < 4.78 is 2.16. The zero-order chi connectivity index (χ0) is 25.5. The summed E-state index contributed by atoms with van der Waals surface area (Å²) >= 11 is 0. The number of fused-ring (bicyclic) bond motifs is 3. The van der Waals surface area contributed by atoms with Gasteiger partial charge in [-0.3, -0.25) is 9.69 Å². The first kappa shape index (κ1) is 23.1. The number of carbonyl (C=O) groups excluding carboxylic acids is 2. The van der Waals surface area contributed by atoms with Crippen molar-refractivity contribution in [2.45, 2.75) is 38.8 Å². The molecule has 0 bridgehead atoms. The fourth-order valence-corrected chi connectivity index (χ4v) is 5.20. The lowest BCUT2D eigenvalue weighted by atomic mass is 9.97. The van der Waals surface area contributed by atoms with Gasteiger partial charge < -0.3 is 14.8 Å². The van der Waals surface area contributed by atoms with E-state index in [0.717, 1.165) is 46.7 Å². The van der Waals surface area contributed by atoms with Crippen LogP contribution in [0.25, 0.3) is 5.69 Å². The normalized spacial score (nSPS) is 16.1. The second-order valence-corrected chi connectivity index (χ2v) is 9.97. The van der Waals surface area contributed by atoms with Crippen LogP contribution in [0.3, 0.4) is 0 Å². The van der Waals surface area contributed by atoms with Gasteiger partial charge in [0.15, 0.2) is 0 Å². The monoisotopic (exact) mass is 490 g/mol. The highest BCUT2D eigenvalue weighted by molar-refractivity contribution is 6.01. The number of aromatic nitrogens is 1. The predicted molar refractivity (Wildman–Crippen MR) is 146 cm³/mol. The number of rotatable bonds is 5. The summed E-state index contributed by atoms with van der Waals surface area (Å²) in [7, 11) is 0. The zero-order valence-corrected chi connectivity index (χ0v) is 21.1. The predicted octanol–water partition coefficient (Wildman–Crippen LogP) is 6.23. The molecule has 1 N–H and O–H groups in total. The summed E-state index contributed by atoms with van der Waals surface area (Å²) in [6.07, 6.45) is 3.87. The van der Waals surface area contributed by atoms with E-state index in [1.165, 1.54) is 5.56 Å². The van der Waals surface area contributed by atoms with Gasteiger partial charge in [0.1, 0.15) is 12.6 Å². The fraction of sp³-hybridized carbons (Fsp3) is 0.226. The Hall–Kier alpha value is -4.32. The van der Waals surface area contributed by atoms with E-state index >= 15 is 0 Å². The topological polar surface area (TPSA) is 57.6 Å². The maximum Gasteiger partial charge on any atom is 0.322 e. The maximum absolute atomic E-state index is 14.2. The van der Waals surface area contributed by atoms with E-state index in [-0.39, 0.29) is 30.6 Å². The van der Waals surface area contributed by atoms with Gasteiger partial charge in [-0.25, -0.2) is 4.79 Å². The summed E-state index contributed by atoms with van der Waals surface area (Å²) in [5, 5.41) is 3.03. The van der Waals surface area contributed by atoms with Crippen molar-refractivity contribution in [1.29, 1.82) is 0 Å². The number of carbonyl (C=O) groups is 2. The van der Waals surface area contributed by atoms with E-state index in [4.69, 9.17) is 0 Å². The van der Waals surface area contributed by atoms with E-state index in [0.29, 0.717) is 0 Å². The third-order valence-electron chi connectivity index (χ3n) is 7.32. The Labute approximate surface area is 217 Å². The Kier molecular flexibility index (Phi) is 5.80. The Morgan fingerprint density at radius 3 is 2.30 bits per heavy atom. The Bertz CT molecular complexity index is 1470. The molecule has 4 aromatic rings. The van der Waals surface area contributed by atoms with Crippen LogP contribution in [0.2, 0.25) is 0 Å². The molecule has 0 radical (unpaired) electrons. The van der Waals surface area contributed by atoms with E-state index in [2.05, 4.69) is 47.1 Å². The van der Waals surface area contributed by atoms with Crippen molar-refractivity contribution in [3.63, 3.8) is 0 Å². The first-order valence-corrected chi connectivity index (χ1v) is 12.8. The number of aryl methyl sites for hydroxylation is 2. The SMILES string of the molecule is Cc1ccc(C2c3cccn3-c3ccccc3N2C(=O)CN(C(=O)Nc2ccccc2C)C2CC2)cc1. The highest BCUT2D eigenvalue weighted by Gasteiger charge is 2.40. The lowest BCUT2D eigenvalue weighted by molar-refractivity contribution is -0.119. The molecule has 1 unspecified atom stereocenters. The summed E-state index contributed by atoms with van der Waals surface area (Å²) in [5.41, 5.74) is 6.79. The van der Waals surface area contributed by atoms with Crippen molar-refractivity contribution >= 4 is 23.3 Å². The summed E-state index contributed by atoms with van der Waals surface area (Å²) in [5.74, 6) is -0.0997. The molecule has 1 aliphatic carbocycles. The number of para-hydroxylation sites is 3. The first-order chi connectivity index (χ1) is 18.0. The van der Waals surface area contributed by atoms with E-state index in [9.17, 15) is 9.59 Å². The van der Waals surface area contributed by atoms with Crippen LogP contribution in [0.1, 0.15) is 41.3 Å². The Morgan fingerprint density at radius 1 is 0.865 bits per heavy atom. The van der Waals surface area contributed by atoms with Gasteiger partial charge in [0, 0.05) is 17.9 Å². The molecule has 3 aromatic carbocycles. The molecular formula is C31H30N4O2. The maximum atomic E-state index is 14.2. The molecule has 1 saturated carbocycles. The smallest absolute Gasteiger partial charge is 0.316 e. The summed E-state index contributed by atoms with van der Waals surface area (Å²) in [6.45, 7) is 4.04. The number of benzene rings is 3. The van der Waals surface area contributed by atoms with Gasteiger partial charge in [-0.05, 0) is 68.1 Å². The van der Waals surface area contributed by atoms with Crippen LogP contribution in [0, 0.1) is 13.8 Å². The Balaban J connectivity index is 1.36. The molecule has 1 fully saturated rings. The third kappa shape index (κ3) is 4.29. The Morgan fingerprint density at radius 2 is 1.57 bits per heavy atom. The van der Waals surface area contributed by atoms with E-state index in [1.54, 1.807) is 4.90 Å². The van der Waals surface area contributed by atoms with Gasteiger partial charge in [-0.2, -0.15) is 0 Å². The van der Waals surface area contributed by atoms with Crippen LogP contribution in [0.15, 0.2) is 91.1 Å². The van der Waals surface area contributed by atoms with Gasteiger partial charge in [-0.1, -0.05) is 60.2 Å². The lowest BCUT2D eigenvalue weighted by Crippen LogP contribution is -2.48. The number of hydrogen-bond acceptors (Lipinski definition) is 2. The molecule has 0 spiro atoms. The quantitative estimate of drug-likeness (QED) is 0.361. The number of nitrogens with zero attached hydrogens (tertiary/aromatic N) is 3. The van der Waals surface area contributed by atoms with E-state index < -0.39 is 0 Å². The molecule has 1 aromatic heterocycles. The number of hydrogen-bond donors (Lipinski definition) is 1. The van der Waals surface area contributed by atoms with Crippen LogP contribution >= 0.6 is 0 Å². The first-order valence-electron chi connectivity index (χ1n) is 12.8. The van der Waals surface area contributed by atoms with Crippen LogP contribution in [-0.2, 0) is 4.79 Å². The van der Waals surface area contributed by atoms with Gasteiger partial charge in [0.25, 0.3) is 0 Å². The fourth-order valence-electron chi connectivity index (χ4n) is 5.20. The molecule has 3 amide bonds. The van der Waals surface area contributed by atoms with Crippen molar-refractivity contribution in [2.24, 2.45) is 0 Å². The summed E-state index contributed by atoms with van der Waals surface area (Å²) in [6, 6.07) is 27.7. The second-order valence-electron chi connectivity index (χ2n) is 9.97. The van der Waals surface area contributed by atoms with Gasteiger partial charge in [0.2, 0.25) is 5.91 Å². The molecule has 1 aliphatic heterocycles. The van der Waals surface area contributed by atoms with Crippen molar-refractivity contribution in [3.05, 3.63) is 114 Å². The minimum absolute atomic E-state index is 0.0137. The molecule has 1 atom stereocenters. The van der Waals surface area contributed by atoms with Crippen LogP contribution < -0.4 is 10.2 Å². The highest BCUT2D eigenvalue weighted by atomic mass is 16.2. The minimum atomic E-state index is -0.293. The zero-order valence-electron chi connectivity index (χ0n) is 21.1. The number of amides is 3. The molecule has 6 heteroatoms. The van der Waals surface area contributed by atoms with Gasteiger partial charge in [-0.15, -0.1) is 0 Å². The molecule has 6 nitrogen and oxygen atoms in total. The van der Waals surface area contributed by atoms with Crippen molar-refractivity contribution in [2.75, 3.05) is 16.8 Å². The van der Waals surface area contributed by atoms with Crippen molar-refractivity contribution < 1.29 is 9.59 Å². The molecule has 0 saturated heterocycles. The third-order valence-corrected chi connectivity index (χ3v) is 7.32. The molecule has 37 heavy (non-hydrogen) atoms. The van der Waals surface area contributed by atoms with Crippen LogP contribution in [0.4, 0.5) is 16.2 Å². The number of anilines is 2. The molecule has 2 aliphatic rings. The largest absolute Gasteiger partial charge is 0.322 e. The van der Waals surface area contributed by atoms with Crippen molar-refractivity contribution in [1.82, 2.24) is 9.47 Å². The molecule has 6 rings (SSSR count). The minimum Gasteiger partial charge on any atom is -0.316 e. The van der Waals surface area contributed by atoms with Gasteiger partial charge in [0.05, 0.1) is 17.1 Å². The standard InChI is InChI=1S/C31H30N4O2/c1-21-13-15-23(16-14-21)30-28-12-7-19-33(28)26-10-5-6-11-27(26)35(30)29(36)20-34(24-17-18-24)31(37)32-25-9-4-3-8-22(25)2/h3-16,19,24,30H,17-18,20H2,1-2H3,(H,32,37). The average molecular weight is 491 g/mol. The van der Waals surface area contributed by atoms with Crippen LogP contribution in [0.5, 0.6) is 0 Å².